The van der Waals surface area contributed by atoms with Crippen LogP contribution in [0.2, 0.25) is 0 Å². The van der Waals surface area contributed by atoms with E-state index in [-0.39, 0.29) is 18.0 Å². The summed E-state index contributed by atoms with van der Waals surface area (Å²) in [5, 5.41) is 3.85. The number of nitrogens with zero attached hydrogens (tertiary/aromatic N) is 1. The Morgan fingerprint density at radius 2 is 1.76 bits per heavy atom. The molecule has 1 aliphatic carbocycles. The predicted octanol–water partition coefficient (Wildman–Crippen LogP) is 3.02. The number of alkyl halides is 3. The van der Waals surface area contributed by atoms with E-state index in [0.29, 0.717) is 6.42 Å². The van der Waals surface area contributed by atoms with Gasteiger partial charge in [0.05, 0.1) is 5.69 Å². The molecule has 182 valence electrons. The van der Waals surface area contributed by atoms with Gasteiger partial charge in [-0.25, -0.2) is 9.36 Å². The van der Waals surface area contributed by atoms with Crippen LogP contribution >= 0.6 is 0 Å². The number of rotatable bonds is 5. The van der Waals surface area contributed by atoms with Crippen molar-refractivity contribution in [3.05, 3.63) is 56.2 Å². The third-order valence-electron chi connectivity index (χ3n) is 6.61. The van der Waals surface area contributed by atoms with E-state index in [4.69, 9.17) is 0 Å². The lowest BCUT2D eigenvalue weighted by molar-refractivity contribution is -0.200. The van der Waals surface area contributed by atoms with Crippen LogP contribution in [-0.4, -0.2) is 27.5 Å². The van der Waals surface area contributed by atoms with E-state index in [9.17, 15) is 32.3 Å². The molecule has 3 N–H and O–H groups in total. The summed E-state index contributed by atoms with van der Waals surface area (Å²) in [6.07, 6.45) is -0.213. The number of aromatic amines is 1. The molecule has 1 fully saturated rings. The number of aromatic nitrogens is 2. The number of carbonyl (C=O) groups is 2. The Hall–Kier alpha value is -3.37. The fraction of sp³-hybridized carbons (Fsp3) is 0.478. The summed E-state index contributed by atoms with van der Waals surface area (Å²) in [7, 11) is 0. The fourth-order valence-electron chi connectivity index (χ4n) is 4.80. The van der Waals surface area contributed by atoms with Crippen LogP contribution in [0.3, 0.4) is 0 Å². The van der Waals surface area contributed by atoms with Gasteiger partial charge in [-0.15, -0.1) is 0 Å². The smallest absolute Gasteiger partial charge is 0.330 e. The number of nitrogens with one attached hydrogen (secondary N) is 3. The van der Waals surface area contributed by atoms with Gasteiger partial charge in [-0.1, -0.05) is 49.8 Å². The quantitative estimate of drug-likeness (QED) is 0.613. The maximum absolute atomic E-state index is 14.5. The fourth-order valence-corrected chi connectivity index (χ4v) is 4.80. The molecule has 2 aliphatic rings. The minimum Gasteiger partial charge on any atom is -0.330 e. The van der Waals surface area contributed by atoms with Crippen LogP contribution in [0.25, 0.3) is 5.69 Å². The van der Waals surface area contributed by atoms with Crippen molar-refractivity contribution in [2.24, 2.45) is 5.92 Å². The number of amides is 2. The average molecular weight is 478 g/mol. The molecule has 2 amide bonds. The minimum atomic E-state index is -5.34. The summed E-state index contributed by atoms with van der Waals surface area (Å²) in [6, 6.07) is 6.19. The molecule has 0 radical (unpaired) electrons. The molecule has 2 heterocycles. The van der Waals surface area contributed by atoms with Crippen molar-refractivity contribution in [2.45, 2.75) is 63.6 Å². The largest absolute Gasteiger partial charge is 0.425 e. The first-order valence-corrected chi connectivity index (χ1v) is 11.2. The van der Waals surface area contributed by atoms with Crippen molar-refractivity contribution < 1.29 is 22.8 Å². The first kappa shape index (κ1) is 23.8. The van der Waals surface area contributed by atoms with Crippen molar-refractivity contribution in [2.75, 3.05) is 5.32 Å². The van der Waals surface area contributed by atoms with Gasteiger partial charge in [-0.3, -0.25) is 19.4 Å². The zero-order valence-electron chi connectivity index (χ0n) is 18.6. The average Bonchev–Trinajstić information content (AvgIpc) is 3.07. The van der Waals surface area contributed by atoms with Crippen molar-refractivity contribution in [3.63, 3.8) is 0 Å². The molecular weight excluding hydrogens is 453 g/mol. The Bertz CT molecular complexity index is 1230. The van der Waals surface area contributed by atoms with Crippen LogP contribution < -0.4 is 21.9 Å². The number of benzene rings is 1. The van der Waals surface area contributed by atoms with Gasteiger partial charge >= 0.3 is 11.9 Å². The second-order valence-electron chi connectivity index (χ2n) is 8.95. The Morgan fingerprint density at radius 1 is 1.12 bits per heavy atom. The minimum absolute atomic E-state index is 0.144. The third-order valence-corrected chi connectivity index (χ3v) is 6.61. The Kier molecular flexibility index (Phi) is 6.13. The number of carbonyl (C=O) groups excluding carboxylic acids is 2. The summed E-state index contributed by atoms with van der Waals surface area (Å²) in [4.78, 5) is 52.5. The molecule has 1 aromatic carbocycles. The molecule has 1 atom stereocenters. The second-order valence-corrected chi connectivity index (χ2v) is 8.95. The second kappa shape index (κ2) is 8.77. The van der Waals surface area contributed by atoms with E-state index >= 15 is 0 Å². The topological polar surface area (TPSA) is 113 Å². The first-order chi connectivity index (χ1) is 16.0. The highest BCUT2D eigenvalue weighted by molar-refractivity contribution is 6.07. The van der Waals surface area contributed by atoms with E-state index < -0.39 is 46.2 Å². The molecule has 1 saturated carbocycles. The highest BCUT2D eigenvalue weighted by Crippen LogP contribution is 2.45. The molecule has 0 spiro atoms. The van der Waals surface area contributed by atoms with E-state index in [1.807, 2.05) is 15.6 Å². The van der Waals surface area contributed by atoms with Crippen LogP contribution in [0.15, 0.2) is 33.9 Å². The summed E-state index contributed by atoms with van der Waals surface area (Å²) in [5.41, 5.74) is -6.11. The lowest BCUT2D eigenvalue weighted by Gasteiger charge is -2.30. The number of hydrogen-bond acceptors (Lipinski definition) is 4. The molecular formula is C23H25F3N4O4. The number of fused-ring (bicyclic) bond motifs is 1. The molecule has 11 heteroatoms. The third kappa shape index (κ3) is 4.03. The van der Waals surface area contributed by atoms with Gasteiger partial charge in [0.2, 0.25) is 11.4 Å². The van der Waals surface area contributed by atoms with Crippen LogP contribution in [0.1, 0.15) is 56.1 Å². The molecule has 1 aromatic heterocycles. The normalized spacial score (nSPS) is 20.6. The molecule has 1 aliphatic heterocycles. The molecule has 2 aromatic rings. The molecule has 0 bridgehead atoms. The van der Waals surface area contributed by atoms with E-state index in [2.05, 4.69) is 0 Å². The van der Waals surface area contributed by atoms with E-state index in [1.165, 1.54) is 12.1 Å². The highest BCUT2D eigenvalue weighted by Gasteiger charge is 2.68. The van der Waals surface area contributed by atoms with Crippen LogP contribution in [-0.2, 0) is 15.1 Å². The number of anilines is 1. The van der Waals surface area contributed by atoms with E-state index in [1.54, 1.807) is 19.1 Å². The Balaban J connectivity index is 1.77. The van der Waals surface area contributed by atoms with E-state index in [0.717, 1.165) is 42.2 Å². The van der Waals surface area contributed by atoms with Crippen molar-refractivity contribution >= 4 is 17.6 Å². The summed E-state index contributed by atoms with van der Waals surface area (Å²) >= 11 is 0. The molecule has 0 unspecified atom stereocenters. The van der Waals surface area contributed by atoms with Crippen molar-refractivity contribution in [1.29, 1.82) is 0 Å². The number of halogens is 3. The van der Waals surface area contributed by atoms with Gasteiger partial charge in [0.15, 0.2) is 0 Å². The SMILES string of the molecule is Cc1ccc(-n2c3c(c(=O)[nH]c2=O)[C@](NC(=O)CCC2CCCCC2)(C(F)(F)F)C(=O)N3)cc1. The summed E-state index contributed by atoms with van der Waals surface area (Å²) in [5.74, 6) is -3.01. The highest BCUT2D eigenvalue weighted by atomic mass is 19.4. The summed E-state index contributed by atoms with van der Waals surface area (Å²) < 4.78 is 44.1. The Morgan fingerprint density at radius 3 is 2.38 bits per heavy atom. The molecule has 8 nitrogen and oxygen atoms in total. The van der Waals surface area contributed by atoms with Crippen molar-refractivity contribution in [3.8, 4) is 5.69 Å². The first-order valence-electron chi connectivity index (χ1n) is 11.2. The Labute approximate surface area is 192 Å². The maximum atomic E-state index is 14.5. The van der Waals surface area contributed by atoms with Gasteiger partial charge < -0.3 is 10.6 Å². The van der Waals surface area contributed by atoms with Crippen molar-refractivity contribution in [1.82, 2.24) is 14.9 Å². The van der Waals surface area contributed by atoms with Gasteiger partial charge in [-0.2, -0.15) is 13.2 Å². The lowest BCUT2D eigenvalue weighted by atomic mass is 9.85. The molecule has 0 saturated heterocycles. The van der Waals surface area contributed by atoms with Gasteiger partial charge in [0.1, 0.15) is 11.4 Å². The standard InChI is InChI=1S/C23H25F3N4O4/c1-13-7-10-15(11-8-13)30-18-17(19(32)28-21(30)34)22(20(33)27-18,23(24,25)26)29-16(31)12-9-14-5-3-2-4-6-14/h7-8,10-11,14H,2-6,9,12H2,1H3,(H,27,33)(H,29,31)(H,28,32,34)/t22-/m1/s1. The maximum Gasteiger partial charge on any atom is 0.425 e. The van der Waals surface area contributed by atoms with Crippen LogP contribution in [0.5, 0.6) is 0 Å². The summed E-state index contributed by atoms with van der Waals surface area (Å²) in [6.45, 7) is 1.78. The number of H-pyrrole nitrogens is 1. The number of aryl methyl sites for hydroxylation is 1. The lowest BCUT2D eigenvalue weighted by Crippen LogP contribution is -2.62. The van der Waals surface area contributed by atoms with Crippen LogP contribution in [0.4, 0.5) is 19.0 Å². The van der Waals surface area contributed by atoms with Gasteiger partial charge in [0, 0.05) is 6.42 Å². The van der Waals surface area contributed by atoms with Gasteiger partial charge in [-0.05, 0) is 31.4 Å². The zero-order chi connectivity index (χ0) is 24.7. The molecule has 4 rings (SSSR count). The van der Waals surface area contributed by atoms with Gasteiger partial charge in [0.25, 0.3) is 11.5 Å². The monoisotopic (exact) mass is 478 g/mol. The molecule has 34 heavy (non-hydrogen) atoms. The van der Waals surface area contributed by atoms with Crippen LogP contribution in [0, 0.1) is 12.8 Å². The zero-order valence-corrected chi connectivity index (χ0v) is 18.6. The predicted molar refractivity (Wildman–Crippen MR) is 118 cm³/mol. The number of hydrogen-bond donors (Lipinski definition) is 3.